The van der Waals surface area contributed by atoms with Gasteiger partial charge in [-0.05, 0) is 63.7 Å². The summed E-state index contributed by atoms with van der Waals surface area (Å²) in [5.41, 5.74) is 0. The van der Waals surface area contributed by atoms with Crippen LogP contribution in [0.4, 0.5) is 0 Å². The van der Waals surface area contributed by atoms with Crippen molar-refractivity contribution in [1.82, 2.24) is 0 Å². The van der Waals surface area contributed by atoms with Gasteiger partial charge in [0.25, 0.3) is 0 Å². The molecule has 0 radical (unpaired) electrons. The molecular weight excluding hydrogens is 302 g/mol. The summed E-state index contributed by atoms with van der Waals surface area (Å²) < 4.78 is 11.2. The first-order valence-corrected chi connectivity index (χ1v) is 9.69. The van der Waals surface area contributed by atoms with Crippen molar-refractivity contribution in [3.05, 3.63) is 12.7 Å². The predicted octanol–water partition coefficient (Wildman–Crippen LogP) is 4.47. The topological polar surface area (TPSA) is 47.9 Å². The third kappa shape index (κ3) is 6.76. The van der Waals surface area contributed by atoms with E-state index in [2.05, 4.69) is 19.7 Å². The number of aliphatic imine (C=N–C) groups is 1. The van der Waals surface area contributed by atoms with Gasteiger partial charge in [0.15, 0.2) is 0 Å². The Morgan fingerprint density at radius 3 is 2.38 bits per heavy atom. The second-order valence-electron chi connectivity index (χ2n) is 7.13. The molecular formula is C20H33NO3. The molecule has 0 aromatic heterocycles. The van der Waals surface area contributed by atoms with Crippen molar-refractivity contribution in [2.24, 2.45) is 10.9 Å². The van der Waals surface area contributed by atoms with Gasteiger partial charge in [-0.3, -0.25) is 4.99 Å². The fourth-order valence-corrected chi connectivity index (χ4v) is 3.57. The van der Waals surface area contributed by atoms with Gasteiger partial charge in [0, 0.05) is 24.9 Å². The van der Waals surface area contributed by atoms with E-state index < -0.39 is 0 Å². The molecule has 2 aliphatic carbocycles. The monoisotopic (exact) mass is 335 g/mol. The van der Waals surface area contributed by atoms with E-state index in [0.717, 1.165) is 58.0 Å². The van der Waals surface area contributed by atoms with Crippen molar-refractivity contribution in [3.8, 4) is 0 Å². The van der Waals surface area contributed by atoms with Gasteiger partial charge in [0.05, 0.1) is 6.10 Å². The summed E-state index contributed by atoms with van der Waals surface area (Å²) >= 11 is 0. The van der Waals surface area contributed by atoms with Gasteiger partial charge < -0.3 is 9.47 Å². The Bertz CT molecular complexity index is 405. The Balaban J connectivity index is 1.61. The third-order valence-electron chi connectivity index (χ3n) is 5.17. The first-order chi connectivity index (χ1) is 11.7. The number of esters is 1. The number of carbonyl (C=O) groups excluding carboxylic acids is 1. The van der Waals surface area contributed by atoms with Crippen molar-refractivity contribution in [2.75, 3.05) is 6.61 Å². The molecule has 0 heterocycles. The van der Waals surface area contributed by atoms with Gasteiger partial charge in [-0.2, -0.15) is 0 Å². The van der Waals surface area contributed by atoms with E-state index in [9.17, 15) is 4.79 Å². The van der Waals surface area contributed by atoms with E-state index in [1.165, 1.54) is 18.9 Å². The van der Waals surface area contributed by atoms with Crippen LogP contribution in [0.5, 0.6) is 0 Å². The first-order valence-electron chi connectivity index (χ1n) is 9.69. The summed E-state index contributed by atoms with van der Waals surface area (Å²) in [6.45, 7) is 6.56. The highest BCUT2D eigenvalue weighted by molar-refractivity contribution is 5.81. The van der Waals surface area contributed by atoms with Gasteiger partial charge >= 0.3 is 5.97 Å². The van der Waals surface area contributed by atoms with Crippen LogP contribution < -0.4 is 0 Å². The number of rotatable bonds is 8. The lowest BCUT2D eigenvalue weighted by Crippen LogP contribution is -2.26. The number of hydrogen-bond donors (Lipinski definition) is 0. The maximum atomic E-state index is 11.2. The Hall–Kier alpha value is -1.16. The molecule has 4 heteroatoms. The van der Waals surface area contributed by atoms with E-state index >= 15 is 0 Å². The minimum absolute atomic E-state index is 0.0656. The summed E-state index contributed by atoms with van der Waals surface area (Å²) in [7, 11) is 0. The molecule has 0 saturated heterocycles. The molecule has 2 saturated carbocycles. The maximum absolute atomic E-state index is 11.2. The number of unbranched alkanes of at least 4 members (excludes halogenated alkanes) is 1. The minimum Gasteiger partial charge on any atom is -0.459 e. The first kappa shape index (κ1) is 19.2. The van der Waals surface area contributed by atoms with Crippen LogP contribution in [0.2, 0.25) is 0 Å². The highest BCUT2D eigenvalue weighted by Crippen LogP contribution is 2.27. The van der Waals surface area contributed by atoms with Gasteiger partial charge in [-0.15, -0.1) is 0 Å². The molecule has 0 aromatic rings. The van der Waals surface area contributed by atoms with Crippen LogP contribution >= 0.6 is 0 Å². The molecule has 136 valence electrons. The van der Waals surface area contributed by atoms with Gasteiger partial charge in [-0.25, -0.2) is 4.79 Å². The molecule has 24 heavy (non-hydrogen) atoms. The van der Waals surface area contributed by atoms with Crippen LogP contribution in [-0.4, -0.2) is 37.0 Å². The Labute approximate surface area is 146 Å². The lowest BCUT2D eigenvalue weighted by molar-refractivity contribution is -0.144. The van der Waals surface area contributed by atoms with Crippen molar-refractivity contribution in [2.45, 2.75) is 89.4 Å². The standard InChI is InChI=1S/C20H33NO3/c1-3-5-14-23-18-12-8-17(9-13-18)21-15-16-6-10-19(11-7-16)24-20(22)4-2/h4,15-19H,2-3,5-14H2,1H3. The highest BCUT2D eigenvalue weighted by atomic mass is 16.5. The van der Waals surface area contributed by atoms with E-state index in [4.69, 9.17) is 14.5 Å². The Morgan fingerprint density at radius 2 is 1.75 bits per heavy atom. The number of nitrogens with zero attached hydrogens (tertiary/aromatic N) is 1. The van der Waals surface area contributed by atoms with E-state index in [0.29, 0.717) is 18.1 Å². The summed E-state index contributed by atoms with van der Waals surface area (Å²) in [6, 6.07) is 0.479. The van der Waals surface area contributed by atoms with Crippen molar-refractivity contribution in [3.63, 3.8) is 0 Å². The molecule has 0 N–H and O–H groups in total. The van der Waals surface area contributed by atoms with E-state index in [1.807, 2.05) is 0 Å². The molecule has 0 aromatic carbocycles. The molecule has 4 nitrogen and oxygen atoms in total. The van der Waals surface area contributed by atoms with Crippen molar-refractivity contribution < 1.29 is 14.3 Å². The van der Waals surface area contributed by atoms with Crippen LogP contribution in [-0.2, 0) is 14.3 Å². The quantitative estimate of drug-likeness (QED) is 0.284. The average molecular weight is 335 g/mol. The zero-order chi connectivity index (χ0) is 17.2. The summed E-state index contributed by atoms with van der Waals surface area (Å²) in [6.07, 6.45) is 14.9. The van der Waals surface area contributed by atoms with E-state index in [-0.39, 0.29) is 12.1 Å². The smallest absolute Gasteiger partial charge is 0.330 e. The molecule has 0 aliphatic heterocycles. The Morgan fingerprint density at radius 1 is 1.08 bits per heavy atom. The Kier molecular flexibility index (Phi) is 8.51. The summed E-state index contributed by atoms with van der Waals surface area (Å²) in [5, 5.41) is 0. The molecule has 0 spiro atoms. The number of hydrogen-bond acceptors (Lipinski definition) is 4. The molecule has 2 fully saturated rings. The lowest BCUT2D eigenvalue weighted by atomic mass is 9.88. The molecule has 0 atom stereocenters. The number of carbonyl (C=O) groups is 1. The van der Waals surface area contributed by atoms with Crippen LogP contribution in [0.25, 0.3) is 0 Å². The molecule has 2 aliphatic rings. The van der Waals surface area contributed by atoms with Crippen LogP contribution in [0, 0.1) is 5.92 Å². The second-order valence-corrected chi connectivity index (χ2v) is 7.13. The van der Waals surface area contributed by atoms with Crippen LogP contribution in [0.1, 0.15) is 71.1 Å². The largest absolute Gasteiger partial charge is 0.459 e. The third-order valence-corrected chi connectivity index (χ3v) is 5.17. The van der Waals surface area contributed by atoms with Crippen LogP contribution in [0.3, 0.4) is 0 Å². The highest BCUT2D eigenvalue weighted by Gasteiger charge is 2.24. The van der Waals surface area contributed by atoms with Gasteiger partial charge in [-0.1, -0.05) is 19.9 Å². The van der Waals surface area contributed by atoms with Crippen molar-refractivity contribution >= 4 is 12.2 Å². The number of ether oxygens (including phenoxy) is 2. The normalized spacial score (nSPS) is 31.0. The molecule has 2 rings (SSSR count). The van der Waals surface area contributed by atoms with Crippen molar-refractivity contribution in [1.29, 1.82) is 0 Å². The molecule has 0 bridgehead atoms. The second kappa shape index (κ2) is 10.7. The van der Waals surface area contributed by atoms with E-state index in [1.54, 1.807) is 0 Å². The lowest BCUT2D eigenvalue weighted by Gasteiger charge is -2.28. The molecule has 0 unspecified atom stereocenters. The van der Waals surface area contributed by atoms with Gasteiger partial charge in [0.1, 0.15) is 6.10 Å². The maximum Gasteiger partial charge on any atom is 0.330 e. The zero-order valence-corrected chi connectivity index (χ0v) is 15.1. The SMILES string of the molecule is C=CC(=O)OC1CCC(C=NC2CCC(OCCCC)CC2)CC1. The van der Waals surface area contributed by atoms with Crippen LogP contribution in [0.15, 0.2) is 17.6 Å². The predicted molar refractivity (Wildman–Crippen MR) is 97.4 cm³/mol. The minimum atomic E-state index is -0.301. The summed E-state index contributed by atoms with van der Waals surface area (Å²) in [5.74, 6) is 0.243. The fourth-order valence-electron chi connectivity index (χ4n) is 3.57. The zero-order valence-electron chi connectivity index (χ0n) is 15.1. The fraction of sp³-hybridized carbons (Fsp3) is 0.800. The summed E-state index contributed by atoms with van der Waals surface area (Å²) in [4.78, 5) is 16.1. The average Bonchev–Trinajstić information content (AvgIpc) is 2.62. The molecule has 0 amide bonds. The van der Waals surface area contributed by atoms with Gasteiger partial charge in [0.2, 0.25) is 0 Å².